The van der Waals surface area contributed by atoms with Crippen molar-refractivity contribution in [3.63, 3.8) is 0 Å². The average molecular weight is 731 g/mol. The van der Waals surface area contributed by atoms with Crippen LogP contribution in [0.25, 0.3) is 0 Å². The van der Waals surface area contributed by atoms with Crippen LogP contribution >= 0.6 is 11.8 Å². The van der Waals surface area contributed by atoms with E-state index in [2.05, 4.69) is 228 Å². The van der Waals surface area contributed by atoms with Crippen molar-refractivity contribution in [1.82, 2.24) is 19.1 Å². The molecular weight excluding hydrogens is 689 g/mol. The molecule has 10 rings (SSSR count). The van der Waals surface area contributed by atoms with Crippen molar-refractivity contribution in [3.05, 3.63) is 252 Å². The maximum absolute atomic E-state index is 5.13. The fourth-order valence-electron chi connectivity index (χ4n) is 8.89. The van der Waals surface area contributed by atoms with Gasteiger partial charge in [0.15, 0.2) is 0 Å². The second-order valence-electron chi connectivity index (χ2n) is 14.9. The van der Waals surface area contributed by atoms with Gasteiger partial charge < -0.3 is 9.13 Å². The fourth-order valence-corrected chi connectivity index (χ4v) is 10.6. The topological polar surface area (TPSA) is 35.6 Å². The zero-order valence-corrected chi connectivity index (χ0v) is 31.4. The fraction of sp³-hybridized carbons (Fsp3) is 0.160. The Hall–Kier alpha value is -5.91. The van der Waals surface area contributed by atoms with Gasteiger partial charge in [-0.25, -0.2) is 9.97 Å². The summed E-state index contributed by atoms with van der Waals surface area (Å²) >= 11 is 2.15. The van der Waals surface area contributed by atoms with E-state index < -0.39 is 11.1 Å². The molecule has 2 fully saturated rings. The van der Waals surface area contributed by atoms with Crippen LogP contribution in [-0.2, 0) is 11.1 Å². The van der Waals surface area contributed by atoms with Crippen molar-refractivity contribution >= 4 is 11.8 Å². The molecule has 2 heterocycles. The third-order valence-electron chi connectivity index (χ3n) is 11.7. The molecule has 4 nitrogen and oxygen atoms in total. The summed E-state index contributed by atoms with van der Waals surface area (Å²) in [5.74, 6) is 0.902. The molecule has 0 amide bonds. The largest absolute Gasteiger partial charge is 0.319 e. The highest BCUT2D eigenvalue weighted by atomic mass is 32.2. The number of imidazole rings is 2. The standard InChI is InChI=1S/C50H42N4S/c1-7-19-37(20-8-1)49(38-21-9-2-10-22-38,39-23-11-3-12-24-39)53-33-45(51-35-53)43-31-47(43)55-48-32-44(48)46-34-54(36-52-46)50(40-25-13-4-14-26-40,41-27-15-5-16-28-41)42-29-17-6-18-30-42/h1-30,33-36,43-44,47-48H,31-32H2. The van der Waals surface area contributed by atoms with Crippen molar-refractivity contribution in [2.45, 2.75) is 46.3 Å². The summed E-state index contributed by atoms with van der Waals surface area (Å²) in [6, 6.07) is 65.2. The van der Waals surface area contributed by atoms with Gasteiger partial charge in [-0.15, -0.1) is 0 Å². The second kappa shape index (κ2) is 14.1. The average Bonchev–Trinajstić information content (AvgIpc) is 4.08. The van der Waals surface area contributed by atoms with Crippen LogP contribution in [0.5, 0.6) is 0 Å². The third kappa shape index (κ3) is 5.86. The first-order valence-electron chi connectivity index (χ1n) is 19.3. The molecule has 0 bridgehead atoms. The molecule has 2 aromatic heterocycles. The highest BCUT2D eigenvalue weighted by Crippen LogP contribution is 2.59. The number of hydrogen-bond acceptors (Lipinski definition) is 3. The van der Waals surface area contributed by atoms with Crippen LogP contribution in [0.1, 0.15) is 69.4 Å². The van der Waals surface area contributed by atoms with E-state index in [1.54, 1.807) is 0 Å². The van der Waals surface area contributed by atoms with Gasteiger partial charge in [0.2, 0.25) is 0 Å². The smallest absolute Gasteiger partial charge is 0.121 e. The van der Waals surface area contributed by atoms with Gasteiger partial charge in [-0.1, -0.05) is 182 Å². The second-order valence-corrected chi connectivity index (χ2v) is 16.4. The van der Waals surface area contributed by atoms with Gasteiger partial charge in [-0.3, -0.25) is 0 Å². The summed E-state index contributed by atoms with van der Waals surface area (Å²) in [4.78, 5) is 10.3. The van der Waals surface area contributed by atoms with E-state index in [-0.39, 0.29) is 0 Å². The van der Waals surface area contributed by atoms with Crippen LogP contribution in [0.15, 0.2) is 207 Å². The molecule has 8 aromatic rings. The predicted molar refractivity (Wildman–Crippen MR) is 224 cm³/mol. The molecule has 0 spiro atoms. The number of aromatic nitrogens is 4. The molecule has 268 valence electrons. The zero-order valence-electron chi connectivity index (χ0n) is 30.6. The van der Waals surface area contributed by atoms with Crippen molar-refractivity contribution in [2.75, 3.05) is 0 Å². The number of rotatable bonds is 12. The van der Waals surface area contributed by atoms with Crippen molar-refractivity contribution in [3.8, 4) is 0 Å². The summed E-state index contributed by atoms with van der Waals surface area (Å²) < 4.78 is 4.71. The van der Waals surface area contributed by atoms with Crippen molar-refractivity contribution in [1.29, 1.82) is 0 Å². The summed E-state index contributed by atoms with van der Waals surface area (Å²) in [6.07, 6.45) is 11.1. The Kier molecular flexibility index (Phi) is 8.60. The third-order valence-corrected chi connectivity index (χ3v) is 13.4. The van der Waals surface area contributed by atoms with E-state index in [1.165, 1.54) is 44.8 Å². The van der Waals surface area contributed by atoms with E-state index in [1.807, 2.05) is 0 Å². The Morgan fingerprint density at radius 3 is 0.891 bits per heavy atom. The predicted octanol–water partition coefficient (Wildman–Crippen LogP) is 10.9. The lowest BCUT2D eigenvalue weighted by molar-refractivity contribution is 0.514. The summed E-state index contributed by atoms with van der Waals surface area (Å²) in [7, 11) is 0. The first kappa shape index (κ1) is 33.6. The van der Waals surface area contributed by atoms with E-state index >= 15 is 0 Å². The summed E-state index contributed by atoms with van der Waals surface area (Å²) in [6.45, 7) is 0. The Labute approximate surface area is 327 Å². The maximum atomic E-state index is 5.13. The van der Waals surface area contributed by atoms with Gasteiger partial charge in [-0.05, 0) is 46.2 Å². The number of thioether (sulfide) groups is 1. The minimum absolute atomic E-state index is 0.451. The first-order valence-corrected chi connectivity index (χ1v) is 20.3. The Bertz CT molecular complexity index is 2110. The monoisotopic (exact) mass is 730 g/mol. The van der Waals surface area contributed by atoms with Crippen LogP contribution in [0.3, 0.4) is 0 Å². The molecule has 4 atom stereocenters. The summed E-state index contributed by atoms with van der Waals surface area (Å²) in [5, 5.41) is 1.13. The molecule has 0 N–H and O–H groups in total. The molecule has 2 saturated carbocycles. The molecule has 4 unspecified atom stereocenters. The Morgan fingerprint density at radius 2 is 0.636 bits per heavy atom. The van der Waals surface area contributed by atoms with Gasteiger partial charge in [0, 0.05) is 34.7 Å². The highest BCUT2D eigenvalue weighted by Gasteiger charge is 2.50. The molecule has 55 heavy (non-hydrogen) atoms. The minimum atomic E-state index is -0.540. The first-order chi connectivity index (χ1) is 27.3. The van der Waals surface area contributed by atoms with Crippen molar-refractivity contribution < 1.29 is 0 Å². The van der Waals surface area contributed by atoms with Crippen molar-refractivity contribution in [2.24, 2.45) is 0 Å². The normalized spacial score (nSPS) is 19.2. The lowest BCUT2D eigenvalue weighted by Crippen LogP contribution is -2.36. The number of hydrogen-bond donors (Lipinski definition) is 0. The van der Waals surface area contributed by atoms with Gasteiger partial charge in [0.1, 0.15) is 11.1 Å². The lowest BCUT2D eigenvalue weighted by Gasteiger charge is -2.37. The minimum Gasteiger partial charge on any atom is -0.319 e. The van der Waals surface area contributed by atoms with E-state index in [0.717, 1.165) is 12.8 Å². The molecular formula is C50H42N4S. The van der Waals surface area contributed by atoms with E-state index in [0.29, 0.717) is 22.3 Å². The quantitative estimate of drug-likeness (QED) is 0.117. The highest BCUT2D eigenvalue weighted by molar-refractivity contribution is 8.01. The number of benzene rings is 6. The van der Waals surface area contributed by atoms with Gasteiger partial charge >= 0.3 is 0 Å². The maximum Gasteiger partial charge on any atom is 0.121 e. The lowest BCUT2D eigenvalue weighted by atomic mass is 9.77. The van der Waals surface area contributed by atoms with Gasteiger partial charge in [0.25, 0.3) is 0 Å². The van der Waals surface area contributed by atoms with Gasteiger partial charge in [0.05, 0.1) is 24.0 Å². The van der Waals surface area contributed by atoms with Crippen LogP contribution in [-0.4, -0.2) is 29.6 Å². The Morgan fingerprint density at radius 1 is 0.382 bits per heavy atom. The van der Waals surface area contributed by atoms with Crippen LogP contribution < -0.4 is 0 Å². The molecule has 2 aliphatic carbocycles. The van der Waals surface area contributed by atoms with E-state index in [4.69, 9.17) is 9.97 Å². The zero-order chi connectivity index (χ0) is 36.7. The molecule has 6 aromatic carbocycles. The van der Waals surface area contributed by atoms with Crippen LogP contribution in [0.4, 0.5) is 0 Å². The molecule has 2 aliphatic rings. The SMILES string of the molecule is c1ccc(C(c2ccccc2)(c2ccccc2)n2cnc(C3CC3SC3CC3c3cn(C(c4ccccc4)(c4ccccc4)c4ccccc4)cn3)c2)cc1. The summed E-state index contributed by atoms with van der Waals surface area (Å²) in [5.41, 5.74) is 8.59. The molecule has 5 heteroatoms. The Balaban J connectivity index is 0.922. The van der Waals surface area contributed by atoms with E-state index in [9.17, 15) is 0 Å². The molecule has 0 saturated heterocycles. The van der Waals surface area contributed by atoms with Crippen LogP contribution in [0, 0.1) is 0 Å². The molecule has 0 radical (unpaired) electrons. The van der Waals surface area contributed by atoms with Gasteiger partial charge in [-0.2, -0.15) is 11.8 Å². The molecule has 0 aliphatic heterocycles. The number of nitrogens with zero attached hydrogens (tertiary/aromatic N) is 4. The van der Waals surface area contributed by atoms with Crippen LogP contribution in [0.2, 0.25) is 0 Å².